The summed E-state index contributed by atoms with van der Waals surface area (Å²) >= 11 is 0. The van der Waals surface area contributed by atoms with Crippen molar-refractivity contribution in [2.75, 3.05) is 0 Å². The van der Waals surface area contributed by atoms with Crippen LogP contribution in [0, 0.1) is 11.3 Å². The quantitative estimate of drug-likeness (QED) is 0.907. The molecule has 0 aliphatic carbocycles. The Bertz CT molecular complexity index is 656. The van der Waals surface area contributed by atoms with Gasteiger partial charge in [0.1, 0.15) is 12.2 Å². The minimum Gasteiger partial charge on any atom is -0.384 e. The number of hydrogen-bond donors (Lipinski definition) is 1. The highest BCUT2D eigenvalue weighted by atomic mass is 16.5. The van der Waals surface area contributed by atoms with Gasteiger partial charge in [0.15, 0.2) is 5.60 Å². The molecule has 0 unspecified atom stereocenters. The highest BCUT2D eigenvalue weighted by Crippen LogP contribution is 2.35. The van der Waals surface area contributed by atoms with Gasteiger partial charge in [-0.3, -0.25) is 0 Å². The van der Waals surface area contributed by atoms with Gasteiger partial charge in [-0.05, 0) is 31.9 Å². The van der Waals surface area contributed by atoms with Crippen LogP contribution in [0.2, 0.25) is 0 Å². The maximum Gasteiger partial charge on any atom is 0.188 e. The highest BCUT2D eigenvalue weighted by molar-refractivity contribution is 5.29. The third kappa shape index (κ3) is 4.41. The van der Waals surface area contributed by atoms with Crippen molar-refractivity contribution in [2.24, 2.45) is 0 Å². The van der Waals surface area contributed by atoms with Crippen molar-refractivity contribution >= 4 is 0 Å². The lowest BCUT2D eigenvalue weighted by Crippen LogP contribution is -2.45. The summed E-state index contributed by atoms with van der Waals surface area (Å²) in [6, 6.07) is 21.1. The van der Waals surface area contributed by atoms with Gasteiger partial charge in [-0.2, -0.15) is 5.26 Å². The molecule has 0 saturated heterocycles. The first-order valence-electron chi connectivity index (χ1n) is 7.75. The SMILES string of the molecule is CC(C)(C)O[C@@](C#N)(Cc1ccccc1)[C@@H](O)c1ccccc1. The van der Waals surface area contributed by atoms with E-state index in [4.69, 9.17) is 4.74 Å². The predicted molar refractivity (Wildman–Crippen MR) is 90.7 cm³/mol. The van der Waals surface area contributed by atoms with E-state index in [0.29, 0.717) is 12.0 Å². The van der Waals surface area contributed by atoms with Gasteiger partial charge in [0, 0.05) is 6.42 Å². The summed E-state index contributed by atoms with van der Waals surface area (Å²) in [6.07, 6.45) is -0.717. The molecule has 0 saturated carbocycles. The van der Waals surface area contributed by atoms with Crippen LogP contribution in [0.1, 0.15) is 38.0 Å². The Balaban J connectivity index is 2.43. The van der Waals surface area contributed by atoms with Crippen LogP contribution in [0.25, 0.3) is 0 Å². The third-order valence-corrected chi connectivity index (χ3v) is 3.54. The van der Waals surface area contributed by atoms with E-state index in [1.807, 2.05) is 81.4 Å². The van der Waals surface area contributed by atoms with Crippen LogP contribution in [-0.4, -0.2) is 16.3 Å². The van der Waals surface area contributed by atoms with E-state index in [-0.39, 0.29) is 0 Å². The van der Waals surface area contributed by atoms with Crippen LogP contribution >= 0.6 is 0 Å². The maximum atomic E-state index is 10.9. The van der Waals surface area contributed by atoms with Crippen LogP contribution in [-0.2, 0) is 11.2 Å². The third-order valence-electron chi connectivity index (χ3n) is 3.54. The molecule has 0 radical (unpaired) electrons. The molecular weight excluding hydrogens is 286 g/mol. The molecule has 0 heterocycles. The average molecular weight is 309 g/mol. The average Bonchev–Trinajstić information content (AvgIpc) is 2.54. The number of nitrogens with zero attached hydrogens (tertiary/aromatic N) is 1. The first-order chi connectivity index (χ1) is 10.9. The zero-order chi connectivity index (χ0) is 16.9. The van der Waals surface area contributed by atoms with Crippen molar-refractivity contribution in [3.8, 4) is 6.07 Å². The van der Waals surface area contributed by atoms with E-state index in [0.717, 1.165) is 5.56 Å². The zero-order valence-electron chi connectivity index (χ0n) is 13.9. The summed E-state index contributed by atoms with van der Waals surface area (Å²) in [5.74, 6) is 0. The molecule has 0 spiro atoms. The summed E-state index contributed by atoms with van der Waals surface area (Å²) < 4.78 is 6.08. The van der Waals surface area contributed by atoms with Gasteiger partial charge in [-0.25, -0.2) is 0 Å². The Morgan fingerprint density at radius 3 is 2.00 bits per heavy atom. The molecule has 0 aliphatic rings. The lowest BCUT2D eigenvalue weighted by molar-refractivity contribution is -0.154. The Morgan fingerprint density at radius 1 is 1.00 bits per heavy atom. The molecule has 2 aromatic carbocycles. The molecule has 0 fully saturated rings. The van der Waals surface area contributed by atoms with Gasteiger partial charge in [0.2, 0.25) is 0 Å². The van der Waals surface area contributed by atoms with Crippen LogP contribution in [0.3, 0.4) is 0 Å². The first-order valence-corrected chi connectivity index (χ1v) is 7.75. The van der Waals surface area contributed by atoms with Gasteiger partial charge >= 0.3 is 0 Å². The van der Waals surface area contributed by atoms with E-state index in [1.54, 1.807) is 0 Å². The number of aliphatic hydroxyl groups excluding tert-OH is 1. The monoisotopic (exact) mass is 309 g/mol. The summed E-state index contributed by atoms with van der Waals surface area (Å²) in [4.78, 5) is 0. The Labute approximate surface area is 138 Å². The van der Waals surface area contributed by atoms with Crippen LogP contribution in [0.5, 0.6) is 0 Å². The molecule has 0 aliphatic heterocycles. The smallest absolute Gasteiger partial charge is 0.188 e. The molecule has 3 heteroatoms. The molecule has 2 rings (SSSR count). The minimum atomic E-state index is -1.35. The van der Waals surface area contributed by atoms with Crippen LogP contribution in [0.4, 0.5) is 0 Å². The van der Waals surface area contributed by atoms with E-state index in [9.17, 15) is 10.4 Å². The fraction of sp³-hybridized carbons (Fsp3) is 0.350. The van der Waals surface area contributed by atoms with Crippen molar-refractivity contribution in [1.29, 1.82) is 5.26 Å². The molecule has 0 amide bonds. The van der Waals surface area contributed by atoms with Crippen molar-refractivity contribution in [3.63, 3.8) is 0 Å². The second kappa shape index (κ2) is 6.95. The molecule has 1 N–H and O–H groups in total. The van der Waals surface area contributed by atoms with E-state index < -0.39 is 17.3 Å². The highest BCUT2D eigenvalue weighted by Gasteiger charge is 2.43. The van der Waals surface area contributed by atoms with E-state index >= 15 is 0 Å². The van der Waals surface area contributed by atoms with Crippen molar-refractivity contribution in [2.45, 2.75) is 44.5 Å². The van der Waals surface area contributed by atoms with Crippen molar-refractivity contribution in [1.82, 2.24) is 0 Å². The Morgan fingerprint density at radius 2 is 1.52 bits per heavy atom. The van der Waals surface area contributed by atoms with Gasteiger partial charge in [-0.15, -0.1) is 0 Å². The number of aliphatic hydroxyl groups is 1. The predicted octanol–water partition coefficient (Wildman–Crippen LogP) is 4.04. The molecule has 2 aromatic rings. The summed E-state index contributed by atoms with van der Waals surface area (Å²) in [5, 5.41) is 20.8. The maximum absolute atomic E-state index is 10.9. The topological polar surface area (TPSA) is 53.2 Å². The van der Waals surface area contributed by atoms with Crippen molar-refractivity contribution in [3.05, 3.63) is 71.8 Å². The normalized spacial score (nSPS) is 15.4. The number of hydrogen-bond acceptors (Lipinski definition) is 3. The fourth-order valence-electron chi connectivity index (χ4n) is 2.66. The first kappa shape index (κ1) is 17.2. The molecule has 23 heavy (non-hydrogen) atoms. The van der Waals surface area contributed by atoms with E-state index in [1.165, 1.54) is 0 Å². The fourth-order valence-corrected chi connectivity index (χ4v) is 2.66. The van der Waals surface area contributed by atoms with Crippen LogP contribution < -0.4 is 0 Å². The second-order valence-electron chi connectivity index (χ2n) is 6.69. The number of benzene rings is 2. The second-order valence-corrected chi connectivity index (χ2v) is 6.69. The lowest BCUT2D eigenvalue weighted by Gasteiger charge is -2.38. The van der Waals surface area contributed by atoms with Crippen LogP contribution in [0.15, 0.2) is 60.7 Å². The Hall–Kier alpha value is -2.15. The number of nitriles is 1. The number of rotatable bonds is 5. The molecule has 0 aromatic heterocycles. The molecule has 2 atom stereocenters. The lowest BCUT2D eigenvalue weighted by atomic mass is 9.85. The van der Waals surface area contributed by atoms with Gasteiger partial charge < -0.3 is 9.84 Å². The minimum absolute atomic E-state index is 0.317. The molecule has 120 valence electrons. The summed E-state index contributed by atoms with van der Waals surface area (Å²) in [7, 11) is 0. The molecule has 3 nitrogen and oxygen atoms in total. The Kier molecular flexibility index (Phi) is 5.20. The standard InChI is InChI=1S/C20H23NO2/c1-19(2,3)23-20(15-21,14-16-10-6-4-7-11-16)18(22)17-12-8-5-9-13-17/h4-13,18,22H,14H2,1-3H3/t18-,20+/m0/s1. The summed E-state index contributed by atoms with van der Waals surface area (Å²) in [5.41, 5.74) is -0.274. The van der Waals surface area contributed by atoms with Gasteiger partial charge in [-0.1, -0.05) is 60.7 Å². The van der Waals surface area contributed by atoms with Gasteiger partial charge in [0.05, 0.1) is 5.60 Å². The molecular formula is C20H23NO2. The largest absolute Gasteiger partial charge is 0.384 e. The summed E-state index contributed by atoms with van der Waals surface area (Å²) in [6.45, 7) is 5.67. The zero-order valence-corrected chi connectivity index (χ0v) is 13.9. The molecule has 0 bridgehead atoms. The van der Waals surface area contributed by atoms with E-state index in [2.05, 4.69) is 6.07 Å². The van der Waals surface area contributed by atoms with Gasteiger partial charge in [0.25, 0.3) is 0 Å². The number of ether oxygens (including phenoxy) is 1. The van der Waals surface area contributed by atoms with Crippen molar-refractivity contribution < 1.29 is 9.84 Å².